The zero-order valence-corrected chi connectivity index (χ0v) is 15.1. The highest BCUT2D eigenvalue weighted by molar-refractivity contribution is 5.96. The number of nitrogens with zero attached hydrogens (tertiary/aromatic N) is 2. The first-order valence-electron chi connectivity index (χ1n) is 8.42. The third-order valence-corrected chi connectivity index (χ3v) is 3.76. The molecule has 0 fully saturated rings. The summed E-state index contributed by atoms with van der Waals surface area (Å²) in [7, 11) is 0. The van der Waals surface area contributed by atoms with Crippen LogP contribution in [0.25, 0.3) is 0 Å². The minimum absolute atomic E-state index is 0.0346. The van der Waals surface area contributed by atoms with Gasteiger partial charge in [0, 0.05) is 24.2 Å². The van der Waals surface area contributed by atoms with Crippen LogP contribution in [0.4, 0.5) is 11.5 Å². The van der Waals surface area contributed by atoms with E-state index in [0.717, 1.165) is 5.56 Å². The maximum Gasteiger partial charge on any atom is 0.343 e. The fourth-order valence-corrected chi connectivity index (χ4v) is 2.40. The molecule has 10 heteroatoms. The molecule has 144 valence electrons. The minimum Gasteiger partial charge on any atom is -0.462 e. The van der Waals surface area contributed by atoms with E-state index in [1.807, 2.05) is 0 Å². The van der Waals surface area contributed by atoms with Crippen molar-refractivity contribution in [1.82, 2.24) is 15.6 Å². The van der Waals surface area contributed by atoms with Gasteiger partial charge in [0.15, 0.2) is 5.82 Å². The van der Waals surface area contributed by atoms with E-state index < -0.39 is 10.9 Å². The number of benzene rings is 1. The number of H-pyrrole nitrogens is 1. The van der Waals surface area contributed by atoms with Crippen LogP contribution in [0.3, 0.4) is 0 Å². The summed E-state index contributed by atoms with van der Waals surface area (Å²) in [4.78, 5) is 34.0. The summed E-state index contributed by atoms with van der Waals surface area (Å²) < 4.78 is 4.96. The number of non-ortho nitro benzene ring substituents is 1. The maximum atomic E-state index is 11.9. The number of amides is 1. The fourth-order valence-electron chi connectivity index (χ4n) is 2.40. The topological polar surface area (TPSA) is 139 Å². The molecule has 27 heavy (non-hydrogen) atoms. The number of hydrogen-bond donors (Lipinski definition) is 3. The Kier molecular flexibility index (Phi) is 6.86. The van der Waals surface area contributed by atoms with Crippen LogP contribution in [0.5, 0.6) is 0 Å². The second kappa shape index (κ2) is 9.32. The molecule has 1 heterocycles. The Bertz CT molecular complexity index is 816. The minimum atomic E-state index is -0.529. The van der Waals surface area contributed by atoms with E-state index in [4.69, 9.17) is 4.74 Å². The highest BCUT2D eigenvalue weighted by Gasteiger charge is 2.19. The molecule has 0 unspecified atom stereocenters. The Hall–Kier alpha value is -3.43. The van der Waals surface area contributed by atoms with Crippen LogP contribution in [0.1, 0.15) is 41.4 Å². The van der Waals surface area contributed by atoms with E-state index >= 15 is 0 Å². The van der Waals surface area contributed by atoms with Gasteiger partial charge in [-0.3, -0.25) is 30.9 Å². The number of hydrazine groups is 1. The monoisotopic (exact) mass is 375 g/mol. The first-order valence-corrected chi connectivity index (χ1v) is 8.42. The number of hydrogen-bond acceptors (Lipinski definition) is 7. The number of nitrogens with one attached hydrogen (secondary N) is 3. The lowest BCUT2D eigenvalue weighted by Gasteiger charge is -2.08. The van der Waals surface area contributed by atoms with E-state index in [1.54, 1.807) is 26.0 Å². The molecule has 2 rings (SSSR count). The van der Waals surface area contributed by atoms with Gasteiger partial charge < -0.3 is 4.74 Å². The smallest absolute Gasteiger partial charge is 0.343 e. The van der Waals surface area contributed by atoms with Crippen molar-refractivity contribution in [2.75, 3.05) is 12.0 Å². The third kappa shape index (κ3) is 5.53. The number of aryl methyl sites for hydroxylation is 2. The molecule has 0 aliphatic carbocycles. The van der Waals surface area contributed by atoms with Crippen LogP contribution in [-0.4, -0.2) is 33.6 Å². The molecule has 0 atom stereocenters. The largest absolute Gasteiger partial charge is 0.462 e. The number of rotatable bonds is 9. The number of nitro benzene ring substituents is 1. The Balaban J connectivity index is 1.80. The van der Waals surface area contributed by atoms with Crippen molar-refractivity contribution in [3.63, 3.8) is 0 Å². The van der Waals surface area contributed by atoms with Crippen molar-refractivity contribution >= 4 is 23.4 Å². The first kappa shape index (κ1) is 19.9. The van der Waals surface area contributed by atoms with Gasteiger partial charge in [-0.1, -0.05) is 12.1 Å². The zero-order valence-electron chi connectivity index (χ0n) is 15.1. The van der Waals surface area contributed by atoms with Crippen LogP contribution in [0.2, 0.25) is 0 Å². The number of carbonyl (C=O) groups excluding carboxylic acids is 2. The highest BCUT2D eigenvalue weighted by atomic mass is 16.6. The van der Waals surface area contributed by atoms with Crippen LogP contribution in [-0.2, 0) is 16.0 Å². The predicted molar refractivity (Wildman–Crippen MR) is 97.1 cm³/mol. The van der Waals surface area contributed by atoms with Gasteiger partial charge >= 0.3 is 5.97 Å². The molecule has 0 saturated heterocycles. The van der Waals surface area contributed by atoms with Crippen molar-refractivity contribution in [1.29, 1.82) is 0 Å². The van der Waals surface area contributed by atoms with Gasteiger partial charge in [0.05, 0.1) is 11.5 Å². The van der Waals surface area contributed by atoms with E-state index in [9.17, 15) is 19.7 Å². The molecule has 0 bridgehead atoms. The lowest BCUT2D eigenvalue weighted by Crippen LogP contribution is -2.30. The Morgan fingerprint density at radius 2 is 2.00 bits per heavy atom. The standard InChI is InChI=1S/C17H21N5O5/c1-3-27-17(24)15-11(2)18-20-16(15)21-19-14(23)6-4-5-12-7-9-13(10-8-12)22(25)26/h7-10H,3-6H2,1-2H3,(H,19,23)(H2,18,20,21). The number of nitro groups is 1. The van der Waals surface area contributed by atoms with Crippen molar-refractivity contribution in [2.45, 2.75) is 33.1 Å². The third-order valence-electron chi connectivity index (χ3n) is 3.76. The lowest BCUT2D eigenvalue weighted by atomic mass is 10.1. The molecular formula is C17H21N5O5. The van der Waals surface area contributed by atoms with E-state index in [1.165, 1.54) is 12.1 Å². The Morgan fingerprint density at radius 1 is 1.30 bits per heavy atom. The second-order valence-electron chi connectivity index (χ2n) is 5.74. The van der Waals surface area contributed by atoms with Crippen molar-refractivity contribution in [2.24, 2.45) is 0 Å². The molecule has 0 saturated carbocycles. The number of carbonyl (C=O) groups is 2. The molecule has 10 nitrogen and oxygen atoms in total. The SMILES string of the molecule is CCOC(=O)c1c(NNC(=O)CCCc2ccc([N+](=O)[O-])cc2)n[nH]c1C. The molecule has 0 radical (unpaired) electrons. The molecule has 1 aromatic carbocycles. The van der Waals surface area contributed by atoms with Crippen molar-refractivity contribution in [3.8, 4) is 0 Å². The summed E-state index contributed by atoms with van der Waals surface area (Å²) in [5.41, 5.74) is 6.83. The summed E-state index contributed by atoms with van der Waals surface area (Å²) in [6.07, 6.45) is 1.42. The Labute approximate surface area is 155 Å². The zero-order chi connectivity index (χ0) is 19.8. The molecule has 0 spiro atoms. The van der Waals surface area contributed by atoms with Gasteiger partial charge in [-0.25, -0.2) is 4.79 Å². The quantitative estimate of drug-likeness (QED) is 0.347. The molecule has 1 amide bonds. The number of esters is 1. The van der Waals surface area contributed by atoms with Crippen LogP contribution in [0, 0.1) is 17.0 Å². The predicted octanol–water partition coefficient (Wildman–Crippen LogP) is 2.27. The van der Waals surface area contributed by atoms with Gasteiger partial charge in [-0.2, -0.15) is 5.10 Å². The average Bonchev–Trinajstić information content (AvgIpc) is 3.01. The van der Waals surface area contributed by atoms with Gasteiger partial charge in [0.25, 0.3) is 5.69 Å². The molecule has 0 aliphatic heterocycles. The molecular weight excluding hydrogens is 354 g/mol. The van der Waals surface area contributed by atoms with Gasteiger partial charge in [-0.15, -0.1) is 0 Å². The Morgan fingerprint density at radius 3 is 2.63 bits per heavy atom. The van der Waals surface area contributed by atoms with Crippen LogP contribution in [0.15, 0.2) is 24.3 Å². The van der Waals surface area contributed by atoms with Gasteiger partial charge in [-0.05, 0) is 32.3 Å². The number of aromatic nitrogens is 2. The van der Waals surface area contributed by atoms with E-state index in [2.05, 4.69) is 21.0 Å². The summed E-state index contributed by atoms with van der Waals surface area (Å²) >= 11 is 0. The van der Waals surface area contributed by atoms with E-state index in [-0.39, 0.29) is 36.0 Å². The van der Waals surface area contributed by atoms with Gasteiger partial charge in [0.1, 0.15) is 5.56 Å². The van der Waals surface area contributed by atoms with Crippen molar-refractivity contribution in [3.05, 3.63) is 51.2 Å². The maximum absolute atomic E-state index is 11.9. The lowest BCUT2D eigenvalue weighted by molar-refractivity contribution is -0.384. The molecule has 0 aliphatic rings. The molecule has 3 N–H and O–H groups in total. The summed E-state index contributed by atoms with van der Waals surface area (Å²) in [6.45, 7) is 3.61. The highest BCUT2D eigenvalue weighted by Crippen LogP contribution is 2.17. The molecule has 1 aromatic heterocycles. The van der Waals surface area contributed by atoms with E-state index in [0.29, 0.717) is 18.5 Å². The fraction of sp³-hybridized carbons (Fsp3) is 0.353. The second-order valence-corrected chi connectivity index (χ2v) is 5.74. The number of aromatic amines is 1. The summed E-state index contributed by atoms with van der Waals surface area (Å²) in [6, 6.07) is 6.22. The molecule has 2 aromatic rings. The normalized spacial score (nSPS) is 10.3. The van der Waals surface area contributed by atoms with Crippen LogP contribution < -0.4 is 10.9 Å². The first-order chi connectivity index (χ1) is 12.9. The number of ether oxygens (including phenoxy) is 1. The summed E-state index contributed by atoms with van der Waals surface area (Å²) in [5, 5.41) is 17.2. The summed E-state index contributed by atoms with van der Waals surface area (Å²) in [5.74, 6) is -0.610. The van der Waals surface area contributed by atoms with Crippen molar-refractivity contribution < 1.29 is 19.2 Å². The number of anilines is 1. The van der Waals surface area contributed by atoms with Gasteiger partial charge in [0.2, 0.25) is 5.91 Å². The van der Waals surface area contributed by atoms with Crippen LogP contribution >= 0.6 is 0 Å². The average molecular weight is 375 g/mol.